The van der Waals surface area contributed by atoms with Crippen molar-refractivity contribution in [2.75, 3.05) is 14.1 Å². The van der Waals surface area contributed by atoms with Crippen LogP contribution in [0.1, 0.15) is 57.8 Å². The average molecular weight is 251 g/mol. The molecule has 0 unspecified atom stereocenters. The third-order valence-electron chi connectivity index (χ3n) is 4.75. The van der Waals surface area contributed by atoms with Crippen molar-refractivity contribution < 1.29 is 0 Å². The van der Waals surface area contributed by atoms with E-state index in [0.717, 1.165) is 11.9 Å². The Morgan fingerprint density at radius 2 is 1.56 bits per heavy atom. The van der Waals surface area contributed by atoms with Crippen molar-refractivity contribution in [1.29, 1.82) is 0 Å². The van der Waals surface area contributed by atoms with E-state index in [1.165, 1.54) is 57.8 Å². The van der Waals surface area contributed by atoms with Crippen LogP contribution in [-0.4, -0.2) is 36.9 Å². The van der Waals surface area contributed by atoms with Gasteiger partial charge in [-0.25, -0.2) is 0 Å². The molecule has 18 heavy (non-hydrogen) atoms. The van der Waals surface area contributed by atoms with Gasteiger partial charge in [0.15, 0.2) is 0 Å². The normalized spacial score (nSPS) is 31.8. The van der Waals surface area contributed by atoms with Crippen LogP contribution in [0.15, 0.2) is 4.99 Å². The highest BCUT2D eigenvalue weighted by Gasteiger charge is 2.23. The summed E-state index contributed by atoms with van der Waals surface area (Å²) < 4.78 is 0. The zero-order valence-electron chi connectivity index (χ0n) is 12.1. The molecule has 0 aromatic carbocycles. The average Bonchev–Trinajstić information content (AvgIpc) is 2.40. The Morgan fingerprint density at radius 3 is 2.11 bits per heavy atom. The van der Waals surface area contributed by atoms with Gasteiger partial charge in [0, 0.05) is 12.0 Å². The standard InChI is InChI=1S/C15H29N3/c1-18(2)14-10-8-13(9-11-14)17-15(16)12-6-4-3-5-7-12/h12-14H,3-11H2,1-2H3,(H2,16,17). The van der Waals surface area contributed by atoms with Gasteiger partial charge in [-0.1, -0.05) is 19.3 Å². The molecule has 0 bridgehead atoms. The van der Waals surface area contributed by atoms with Crippen LogP contribution in [-0.2, 0) is 0 Å². The van der Waals surface area contributed by atoms with E-state index in [0.29, 0.717) is 12.0 Å². The number of amidine groups is 1. The van der Waals surface area contributed by atoms with Gasteiger partial charge in [-0.3, -0.25) is 4.99 Å². The first-order chi connectivity index (χ1) is 8.66. The largest absolute Gasteiger partial charge is 0.387 e. The molecule has 0 aromatic heterocycles. The third-order valence-corrected chi connectivity index (χ3v) is 4.75. The van der Waals surface area contributed by atoms with Gasteiger partial charge >= 0.3 is 0 Å². The summed E-state index contributed by atoms with van der Waals surface area (Å²) >= 11 is 0. The fraction of sp³-hybridized carbons (Fsp3) is 0.933. The molecule has 2 N–H and O–H groups in total. The summed E-state index contributed by atoms with van der Waals surface area (Å²) in [7, 11) is 4.37. The van der Waals surface area contributed by atoms with Crippen LogP contribution in [0.2, 0.25) is 0 Å². The number of nitrogens with two attached hydrogens (primary N) is 1. The van der Waals surface area contributed by atoms with Crippen molar-refractivity contribution in [1.82, 2.24) is 4.90 Å². The van der Waals surface area contributed by atoms with Gasteiger partial charge in [0.2, 0.25) is 0 Å². The predicted octanol–water partition coefficient (Wildman–Crippen LogP) is 2.80. The molecular weight excluding hydrogens is 222 g/mol. The molecule has 0 heterocycles. The van der Waals surface area contributed by atoms with Crippen LogP contribution in [0.3, 0.4) is 0 Å². The van der Waals surface area contributed by atoms with Gasteiger partial charge in [0.25, 0.3) is 0 Å². The lowest BCUT2D eigenvalue weighted by atomic mass is 9.87. The summed E-state index contributed by atoms with van der Waals surface area (Å²) in [5.41, 5.74) is 6.21. The van der Waals surface area contributed by atoms with E-state index in [4.69, 9.17) is 10.7 Å². The monoisotopic (exact) mass is 251 g/mol. The molecule has 3 nitrogen and oxygen atoms in total. The minimum absolute atomic E-state index is 0.503. The number of hydrogen-bond donors (Lipinski definition) is 1. The number of hydrogen-bond acceptors (Lipinski definition) is 2. The smallest absolute Gasteiger partial charge is 0.0971 e. The fourth-order valence-electron chi connectivity index (χ4n) is 3.42. The molecule has 2 aliphatic rings. The molecule has 2 aliphatic carbocycles. The van der Waals surface area contributed by atoms with Crippen LogP contribution in [0.25, 0.3) is 0 Å². The van der Waals surface area contributed by atoms with E-state index < -0.39 is 0 Å². The lowest BCUT2D eigenvalue weighted by Crippen LogP contribution is -2.34. The highest BCUT2D eigenvalue weighted by atomic mass is 15.1. The quantitative estimate of drug-likeness (QED) is 0.619. The van der Waals surface area contributed by atoms with Gasteiger partial charge in [-0.05, 0) is 52.6 Å². The Balaban J connectivity index is 1.82. The minimum Gasteiger partial charge on any atom is -0.387 e. The molecule has 0 spiro atoms. The molecule has 0 aromatic rings. The molecule has 2 saturated carbocycles. The van der Waals surface area contributed by atoms with Gasteiger partial charge in [0.1, 0.15) is 0 Å². The second-order valence-corrected chi connectivity index (χ2v) is 6.31. The Labute approximate surface area is 112 Å². The van der Waals surface area contributed by atoms with Crippen LogP contribution >= 0.6 is 0 Å². The second-order valence-electron chi connectivity index (χ2n) is 6.31. The maximum atomic E-state index is 6.21. The Bertz CT molecular complexity index is 271. The molecular formula is C15H29N3. The van der Waals surface area contributed by atoms with E-state index in [-0.39, 0.29) is 0 Å². The van der Waals surface area contributed by atoms with E-state index in [1.54, 1.807) is 0 Å². The van der Waals surface area contributed by atoms with Crippen molar-refractivity contribution >= 4 is 5.84 Å². The van der Waals surface area contributed by atoms with Gasteiger partial charge in [-0.2, -0.15) is 0 Å². The highest BCUT2D eigenvalue weighted by Crippen LogP contribution is 2.27. The lowest BCUT2D eigenvalue weighted by Gasteiger charge is -2.31. The van der Waals surface area contributed by atoms with E-state index >= 15 is 0 Å². The SMILES string of the molecule is CN(C)C1CCC(N=C(N)C2CCCCC2)CC1. The highest BCUT2D eigenvalue weighted by molar-refractivity contribution is 5.83. The molecule has 0 atom stereocenters. The van der Waals surface area contributed by atoms with Crippen molar-refractivity contribution in [3.05, 3.63) is 0 Å². The Morgan fingerprint density at radius 1 is 0.944 bits per heavy atom. The zero-order chi connectivity index (χ0) is 13.0. The molecule has 0 radical (unpaired) electrons. The minimum atomic E-state index is 0.503. The van der Waals surface area contributed by atoms with Crippen molar-refractivity contribution in [2.45, 2.75) is 69.9 Å². The summed E-state index contributed by atoms with van der Waals surface area (Å²) in [5, 5.41) is 0. The Kier molecular flexibility index (Phi) is 5.04. The first-order valence-electron chi connectivity index (χ1n) is 7.66. The van der Waals surface area contributed by atoms with Crippen molar-refractivity contribution in [3.63, 3.8) is 0 Å². The summed E-state index contributed by atoms with van der Waals surface area (Å²) in [4.78, 5) is 7.18. The fourth-order valence-corrected chi connectivity index (χ4v) is 3.42. The molecule has 2 fully saturated rings. The van der Waals surface area contributed by atoms with E-state index in [2.05, 4.69) is 19.0 Å². The number of rotatable bonds is 3. The number of aliphatic imine (C=N–C) groups is 1. The van der Waals surface area contributed by atoms with Gasteiger partial charge in [0.05, 0.1) is 11.9 Å². The molecule has 104 valence electrons. The summed E-state index contributed by atoms with van der Waals surface area (Å²) in [5.74, 6) is 1.55. The van der Waals surface area contributed by atoms with E-state index in [9.17, 15) is 0 Å². The van der Waals surface area contributed by atoms with Crippen LogP contribution < -0.4 is 5.73 Å². The lowest BCUT2D eigenvalue weighted by molar-refractivity contribution is 0.217. The summed E-state index contributed by atoms with van der Waals surface area (Å²) in [6.07, 6.45) is 11.6. The van der Waals surface area contributed by atoms with Gasteiger partial charge < -0.3 is 10.6 Å². The maximum Gasteiger partial charge on any atom is 0.0971 e. The van der Waals surface area contributed by atoms with Gasteiger partial charge in [-0.15, -0.1) is 0 Å². The topological polar surface area (TPSA) is 41.6 Å². The van der Waals surface area contributed by atoms with Crippen molar-refractivity contribution in [2.24, 2.45) is 16.6 Å². The summed E-state index contributed by atoms with van der Waals surface area (Å²) in [6, 6.07) is 1.26. The molecule has 0 amide bonds. The van der Waals surface area contributed by atoms with Crippen molar-refractivity contribution in [3.8, 4) is 0 Å². The van der Waals surface area contributed by atoms with E-state index in [1.807, 2.05) is 0 Å². The molecule has 0 saturated heterocycles. The molecule has 2 rings (SSSR count). The Hall–Kier alpha value is -0.570. The van der Waals surface area contributed by atoms with Crippen LogP contribution in [0.4, 0.5) is 0 Å². The van der Waals surface area contributed by atoms with Crippen LogP contribution in [0.5, 0.6) is 0 Å². The zero-order valence-corrected chi connectivity index (χ0v) is 12.1. The summed E-state index contributed by atoms with van der Waals surface area (Å²) in [6.45, 7) is 0. The first kappa shape index (κ1) is 13.9. The second kappa shape index (κ2) is 6.55. The third kappa shape index (κ3) is 3.71. The maximum absolute atomic E-state index is 6.21. The predicted molar refractivity (Wildman–Crippen MR) is 77.9 cm³/mol. The first-order valence-corrected chi connectivity index (χ1v) is 7.66. The molecule has 0 aliphatic heterocycles. The number of nitrogens with zero attached hydrogens (tertiary/aromatic N) is 2. The van der Waals surface area contributed by atoms with Crippen LogP contribution in [0, 0.1) is 5.92 Å². The molecule has 3 heteroatoms.